The lowest BCUT2D eigenvalue weighted by molar-refractivity contribution is 0.353. The zero-order chi connectivity index (χ0) is 23.9. The number of nitrogens with one attached hydrogen (secondary N) is 2. The summed E-state index contributed by atoms with van der Waals surface area (Å²) in [5.74, 6) is 1.77. The minimum atomic E-state index is -3.73. The molecule has 0 saturated heterocycles. The van der Waals surface area contributed by atoms with Crippen molar-refractivity contribution in [1.29, 1.82) is 0 Å². The van der Waals surface area contributed by atoms with Gasteiger partial charge in [0.2, 0.25) is 0 Å². The number of hydrogen-bond acceptors (Lipinski definition) is 5. The van der Waals surface area contributed by atoms with Crippen molar-refractivity contribution in [2.75, 3.05) is 24.3 Å². The molecule has 1 aliphatic carbocycles. The Morgan fingerprint density at radius 3 is 2.59 bits per heavy atom. The van der Waals surface area contributed by atoms with Crippen molar-refractivity contribution < 1.29 is 17.9 Å². The summed E-state index contributed by atoms with van der Waals surface area (Å²) in [5, 5.41) is 3.65. The minimum Gasteiger partial charge on any atom is -0.493 e. The Kier molecular flexibility index (Phi) is 6.04. The first kappa shape index (κ1) is 22.8. The third-order valence-electron chi connectivity index (χ3n) is 6.49. The van der Waals surface area contributed by atoms with Gasteiger partial charge in [-0.2, -0.15) is 0 Å². The number of methoxy groups -OCH3 is 2. The molecule has 5 rings (SSSR count). The van der Waals surface area contributed by atoms with Crippen LogP contribution in [0.5, 0.6) is 11.5 Å². The summed E-state index contributed by atoms with van der Waals surface area (Å²) in [5.41, 5.74) is 3.55. The Morgan fingerprint density at radius 1 is 1.00 bits per heavy atom. The Labute approximate surface area is 208 Å². The molecule has 6 nitrogen and oxygen atoms in total. The van der Waals surface area contributed by atoms with Crippen LogP contribution in [0.3, 0.4) is 0 Å². The van der Waals surface area contributed by atoms with Gasteiger partial charge in [0.1, 0.15) is 0 Å². The monoisotopic (exact) mass is 540 g/mol. The van der Waals surface area contributed by atoms with Gasteiger partial charge in [-0.15, -0.1) is 0 Å². The van der Waals surface area contributed by atoms with Crippen LogP contribution in [0.15, 0.2) is 82.2 Å². The normalized spacial score (nSPS) is 20.7. The first-order valence-electron chi connectivity index (χ1n) is 11.0. The average Bonchev–Trinajstić information content (AvgIpc) is 3.33. The fourth-order valence-corrected chi connectivity index (χ4v) is 6.37. The van der Waals surface area contributed by atoms with Crippen LogP contribution < -0.4 is 19.5 Å². The molecule has 34 heavy (non-hydrogen) atoms. The maximum Gasteiger partial charge on any atom is 0.261 e. The largest absolute Gasteiger partial charge is 0.493 e. The van der Waals surface area contributed by atoms with Gasteiger partial charge in [-0.25, -0.2) is 8.42 Å². The zero-order valence-corrected chi connectivity index (χ0v) is 21.2. The predicted molar refractivity (Wildman–Crippen MR) is 137 cm³/mol. The van der Waals surface area contributed by atoms with E-state index in [0.717, 1.165) is 27.7 Å². The maximum absolute atomic E-state index is 13.1. The van der Waals surface area contributed by atoms with Gasteiger partial charge in [-0.05, 0) is 72.0 Å². The highest BCUT2D eigenvalue weighted by Gasteiger charge is 2.38. The summed E-state index contributed by atoms with van der Waals surface area (Å²) < 4.78 is 40.6. The van der Waals surface area contributed by atoms with Gasteiger partial charge in [0, 0.05) is 21.8 Å². The molecule has 1 aliphatic heterocycles. The number of halogens is 1. The lowest BCUT2D eigenvalue weighted by Crippen LogP contribution is -2.29. The Morgan fingerprint density at radius 2 is 1.82 bits per heavy atom. The molecule has 3 aromatic carbocycles. The van der Waals surface area contributed by atoms with Crippen LogP contribution in [0.1, 0.15) is 29.5 Å². The number of sulfonamides is 1. The summed E-state index contributed by atoms with van der Waals surface area (Å²) in [6.07, 6.45) is 5.28. The third kappa shape index (κ3) is 4.16. The van der Waals surface area contributed by atoms with Crippen LogP contribution in [0.4, 0.5) is 11.4 Å². The Hall–Kier alpha value is -2.97. The van der Waals surface area contributed by atoms with Crippen LogP contribution in [-0.2, 0) is 10.0 Å². The van der Waals surface area contributed by atoms with Gasteiger partial charge in [0.05, 0.1) is 25.2 Å². The van der Waals surface area contributed by atoms with Gasteiger partial charge >= 0.3 is 0 Å². The Bertz CT molecular complexity index is 1370. The van der Waals surface area contributed by atoms with E-state index >= 15 is 0 Å². The molecule has 0 bridgehead atoms. The van der Waals surface area contributed by atoms with E-state index in [2.05, 4.69) is 44.2 Å². The smallest absolute Gasteiger partial charge is 0.261 e. The van der Waals surface area contributed by atoms with E-state index in [-0.39, 0.29) is 22.8 Å². The summed E-state index contributed by atoms with van der Waals surface area (Å²) in [6.45, 7) is 0. The molecule has 3 atom stereocenters. The van der Waals surface area contributed by atoms with E-state index in [1.807, 2.05) is 24.3 Å². The SMILES string of the molecule is COc1ccc([C@H]2Nc3ccc(S(=O)(=O)Nc4cccc(Br)c4)cc3[C@H]3C=CC[C@H]32)cc1OC. The van der Waals surface area contributed by atoms with Crippen molar-refractivity contribution in [3.05, 3.63) is 88.4 Å². The van der Waals surface area contributed by atoms with Crippen molar-refractivity contribution in [2.24, 2.45) is 5.92 Å². The molecule has 0 saturated carbocycles. The maximum atomic E-state index is 13.1. The molecule has 0 spiro atoms. The topological polar surface area (TPSA) is 76.7 Å². The second kappa shape index (κ2) is 9.00. The van der Waals surface area contributed by atoms with Crippen molar-refractivity contribution in [3.63, 3.8) is 0 Å². The van der Waals surface area contributed by atoms with Gasteiger partial charge < -0.3 is 14.8 Å². The van der Waals surface area contributed by atoms with Gasteiger partial charge in [-0.1, -0.05) is 40.2 Å². The van der Waals surface area contributed by atoms with E-state index in [0.29, 0.717) is 17.2 Å². The molecule has 0 aromatic heterocycles. The van der Waals surface area contributed by atoms with Gasteiger partial charge in [0.25, 0.3) is 10.0 Å². The van der Waals surface area contributed by atoms with Crippen LogP contribution in [0.25, 0.3) is 0 Å². The fourth-order valence-electron chi connectivity index (χ4n) is 4.88. The van der Waals surface area contributed by atoms with Crippen molar-refractivity contribution in [2.45, 2.75) is 23.3 Å². The number of hydrogen-bond donors (Lipinski definition) is 2. The summed E-state index contributed by atoms with van der Waals surface area (Å²) >= 11 is 3.38. The highest BCUT2D eigenvalue weighted by atomic mass is 79.9. The molecule has 1 heterocycles. The lowest BCUT2D eigenvalue weighted by Gasteiger charge is -2.38. The third-order valence-corrected chi connectivity index (χ3v) is 8.36. The molecule has 8 heteroatoms. The minimum absolute atomic E-state index is 0.0644. The van der Waals surface area contributed by atoms with E-state index in [4.69, 9.17) is 9.47 Å². The quantitative estimate of drug-likeness (QED) is 0.369. The molecule has 0 amide bonds. The van der Waals surface area contributed by atoms with E-state index < -0.39 is 10.0 Å². The van der Waals surface area contributed by atoms with Crippen LogP contribution >= 0.6 is 15.9 Å². The molecule has 176 valence electrons. The van der Waals surface area contributed by atoms with E-state index in [1.165, 1.54) is 0 Å². The molecule has 3 aromatic rings. The number of anilines is 2. The number of ether oxygens (including phenoxy) is 2. The van der Waals surface area contributed by atoms with Crippen LogP contribution in [0.2, 0.25) is 0 Å². The first-order valence-corrected chi connectivity index (χ1v) is 13.2. The van der Waals surface area contributed by atoms with Crippen molar-refractivity contribution in [3.8, 4) is 11.5 Å². The second-order valence-electron chi connectivity index (χ2n) is 8.45. The van der Waals surface area contributed by atoms with Crippen molar-refractivity contribution in [1.82, 2.24) is 0 Å². The summed E-state index contributed by atoms with van der Waals surface area (Å²) in [4.78, 5) is 0.247. The molecule has 0 fully saturated rings. The molecular weight excluding hydrogens is 516 g/mol. The second-order valence-corrected chi connectivity index (χ2v) is 11.1. The number of fused-ring (bicyclic) bond motifs is 3. The summed E-state index contributed by atoms with van der Waals surface area (Å²) in [7, 11) is -0.468. The zero-order valence-electron chi connectivity index (χ0n) is 18.8. The highest BCUT2D eigenvalue weighted by molar-refractivity contribution is 9.10. The van der Waals surface area contributed by atoms with Crippen LogP contribution in [-0.4, -0.2) is 22.6 Å². The summed E-state index contributed by atoms with van der Waals surface area (Å²) in [6, 6.07) is 18.5. The standard InChI is InChI=1S/C26H25BrN2O4S/c1-32-24-12-9-16(13-25(24)33-2)26-21-8-4-7-20(21)22-15-19(10-11-23(22)28-26)34(30,31)29-18-6-3-5-17(27)14-18/h3-7,9-15,20-21,26,28-29H,8H2,1-2H3/t20-,21+,26+/m0/s1. The van der Waals surface area contributed by atoms with Crippen LogP contribution in [0, 0.1) is 5.92 Å². The molecular formula is C26H25BrN2O4S. The first-order chi connectivity index (χ1) is 16.4. The Balaban J connectivity index is 1.48. The lowest BCUT2D eigenvalue weighted by atomic mass is 9.77. The van der Waals surface area contributed by atoms with E-state index in [9.17, 15) is 8.42 Å². The number of rotatable bonds is 6. The molecule has 2 aliphatic rings. The molecule has 2 N–H and O–H groups in total. The molecule has 0 unspecified atom stereocenters. The van der Waals surface area contributed by atoms with E-state index in [1.54, 1.807) is 44.6 Å². The van der Waals surface area contributed by atoms with Gasteiger partial charge in [0.15, 0.2) is 11.5 Å². The average molecular weight is 541 g/mol. The molecule has 0 radical (unpaired) electrons. The van der Waals surface area contributed by atoms with Crippen molar-refractivity contribution >= 4 is 37.3 Å². The van der Waals surface area contributed by atoms with Gasteiger partial charge in [-0.3, -0.25) is 4.72 Å². The highest BCUT2D eigenvalue weighted by Crippen LogP contribution is 2.51. The number of allylic oxidation sites excluding steroid dienone is 2. The number of benzene rings is 3. The predicted octanol–water partition coefficient (Wildman–Crippen LogP) is 6.09. The fraction of sp³-hybridized carbons (Fsp3) is 0.231.